The molecule has 0 atom stereocenters. The first-order valence-corrected chi connectivity index (χ1v) is 7.34. The van der Waals surface area contributed by atoms with Crippen LogP contribution < -0.4 is 5.32 Å². The molecule has 1 fully saturated rings. The van der Waals surface area contributed by atoms with Crippen molar-refractivity contribution in [1.29, 1.82) is 0 Å². The maximum Gasteiger partial charge on any atom is 0.251 e. The van der Waals surface area contributed by atoms with Crippen LogP contribution >= 0.6 is 23.2 Å². The van der Waals surface area contributed by atoms with E-state index in [4.69, 9.17) is 23.2 Å². The third kappa shape index (κ3) is 3.85. The Labute approximate surface area is 123 Å². The molecule has 19 heavy (non-hydrogen) atoms. The van der Waals surface area contributed by atoms with Crippen molar-refractivity contribution in [1.82, 2.24) is 10.2 Å². The highest BCUT2D eigenvalue weighted by Gasteiger charge is 2.20. The van der Waals surface area contributed by atoms with Gasteiger partial charge in [-0.25, -0.2) is 0 Å². The number of nitrogens with zero attached hydrogens (tertiary/aromatic N) is 1. The van der Waals surface area contributed by atoms with E-state index in [1.165, 1.54) is 0 Å². The van der Waals surface area contributed by atoms with Gasteiger partial charge < -0.3 is 10.2 Å². The van der Waals surface area contributed by atoms with Crippen molar-refractivity contribution in [3.63, 3.8) is 0 Å². The fourth-order valence-electron chi connectivity index (χ4n) is 2.30. The summed E-state index contributed by atoms with van der Waals surface area (Å²) in [6.07, 6.45) is 2.00. The number of likely N-dealkylation sites (tertiary alicyclic amines) is 1. The summed E-state index contributed by atoms with van der Waals surface area (Å²) in [5, 5.41) is 3.94. The molecule has 1 aromatic rings. The van der Waals surface area contributed by atoms with E-state index < -0.39 is 0 Å². The molecular weight excluding hydrogens is 283 g/mol. The van der Waals surface area contributed by atoms with E-state index in [0.717, 1.165) is 32.5 Å². The molecule has 0 radical (unpaired) electrons. The molecule has 0 unspecified atom stereocenters. The first-order chi connectivity index (χ1) is 9.10. The summed E-state index contributed by atoms with van der Waals surface area (Å²) in [6.45, 7) is 5.33. The van der Waals surface area contributed by atoms with Gasteiger partial charge in [-0.3, -0.25) is 4.79 Å². The van der Waals surface area contributed by atoms with Crippen LogP contribution in [0.15, 0.2) is 18.2 Å². The Morgan fingerprint density at radius 1 is 1.32 bits per heavy atom. The molecule has 1 heterocycles. The lowest BCUT2D eigenvalue weighted by atomic mass is 10.0. The van der Waals surface area contributed by atoms with Crippen LogP contribution in [0.4, 0.5) is 0 Å². The third-order valence-corrected chi connectivity index (χ3v) is 4.29. The van der Waals surface area contributed by atoms with Crippen molar-refractivity contribution in [3.05, 3.63) is 33.8 Å². The third-order valence-electron chi connectivity index (χ3n) is 3.55. The fraction of sp³-hybridized carbons (Fsp3) is 0.500. The lowest BCUT2D eigenvalue weighted by Gasteiger charge is -2.31. The number of piperidine rings is 1. The summed E-state index contributed by atoms with van der Waals surface area (Å²) in [7, 11) is 0. The first kappa shape index (κ1) is 14.6. The molecule has 1 amide bonds. The fourth-order valence-corrected chi connectivity index (χ4v) is 2.60. The van der Waals surface area contributed by atoms with Crippen LogP contribution in [0, 0.1) is 0 Å². The van der Waals surface area contributed by atoms with Crippen LogP contribution in [-0.4, -0.2) is 36.5 Å². The Balaban J connectivity index is 1.92. The van der Waals surface area contributed by atoms with Gasteiger partial charge in [0.15, 0.2) is 0 Å². The van der Waals surface area contributed by atoms with E-state index in [1.54, 1.807) is 18.2 Å². The average Bonchev–Trinajstić information content (AvgIpc) is 2.42. The number of hydrogen-bond donors (Lipinski definition) is 1. The zero-order valence-electron chi connectivity index (χ0n) is 11.0. The first-order valence-electron chi connectivity index (χ1n) is 6.58. The Morgan fingerprint density at radius 2 is 2.00 bits per heavy atom. The second kappa shape index (κ2) is 6.60. The van der Waals surface area contributed by atoms with Crippen LogP contribution in [0.1, 0.15) is 30.1 Å². The predicted molar refractivity (Wildman–Crippen MR) is 79.1 cm³/mol. The van der Waals surface area contributed by atoms with Crippen molar-refractivity contribution >= 4 is 29.1 Å². The van der Waals surface area contributed by atoms with Gasteiger partial charge in [-0.15, -0.1) is 0 Å². The van der Waals surface area contributed by atoms with Crippen LogP contribution in [-0.2, 0) is 0 Å². The van der Waals surface area contributed by atoms with Gasteiger partial charge in [0.25, 0.3) is 5.91 Å². The summed E-state index contributed by atoms with van der Waals surface area (Å²) in [6, 6.07) is 5.22. The number of halogens is 2. The second-order valence-corrected chi connectivity index (χ2v) is 5.63. The van der Waals surface area contributed by atoms with Crippen LogP contribution in [0.25, 0.3) is 0 Å². The highest BCUT2D eigenvalue weighted by Crippen LogP contribution is 2.22. The number of nitrogens with one attached hydrogen (secondary N) is 1. The van der Waals surface area contributed by atoms with Gasteiger partial charge in [-0.05, 0) is 37.6 Å². The molecule has 1 N–H and O–H groups in total. The molecule has 1 saturated heterocycles. The Bertz CT molecular complexity index is 457. The molecule has 0 spiro atoms. The SMILES string of the molecule is CCN1CCC(NC(=O)c2ccc(Cl)c(Cl)c2)CC1. The number of rotatable bonds is 3. The van der Waals surface area contributed by atoms with E-state index in [-0.39, 0.29) is 11.9 Å². The van der Waals surface area contributed by atoms with Gasteiger partial charge in [-0.1, -0.05) is 30.1 Å². The molecule has 0 bridgehead atoms. The van der Waals surface area contributed by atoms with Crippen molar-refractivity contribution < 1.29 is 4.79 Å². The molecule has 0 saturated carbocycles. The standard InChI is InChI=1S/C14H18Cl2N2O/c1-2-18-7-5-11(6-8-18)17-14(19)10-3-4-12(15)13(16)9-10/h3-4,9,11H,2,5-8H2,1H3,(H,17,19). The number of hydrogen-bond acceptors (Lipinski definition) is 2. The number of benzene rings is 1. The van der Waals surface area contributed by atoms with Gasteiger partial charge in [0.1, 0.15) is 0 Å². The second-order valence-electron chi connectivity index (χ2n) is 4.81. The molecule has 104 valence electrons. The van der Waals surface area contributed by atoms with E-state index >= 15 is 0 Å². The monoisotopic (exact) mass is 300 g/mol. The van der Waals surface area contributed by atoms with Gasteiger partial charge >= 0.3 is 0 Å². The normalized spacial score (nSPS) is 17.4. The van der Waals surface area contributed by atoms with E-state index in [2.05, 4.69) is 17.1 Å². The maximum absolute atomic E-state index is 12.1. The quantitative estimate of drug-likeness (QED) is 0.930. The molecule has 5 heteroatoms. The van der Waals surface area contributed by atoms with Crippen molar-refractivity contribution in [2.75, 3.05) is 19.6 Å². The summed E-state index contributed by atoms with van der Waals surface area (Å²) in [4.78, 5) is 14.5. The van der Waals surface area contributed by atoms with Crippen LogP contribution in [0.5, 0.6) is 0 Å². The number of carbonyl (C=O) groups is 1. The molecular formula is C14H18Cl2N2O. The van der Waals surface area contributed by atoms with E-state index in [9.17, 15) is 4.79 Å². The van der Waals surface area contributed by atoms with Crippen molar-refractivity contribution in [2.45, 2.75) is 25.8 Å². The van der Waals surface area contributed by atoms with Crippen molar-refractivity contribution in [3.8, 4) is 0 Å². The summed E-state index contributed by atoms with van der Waals surface area (Å²) >= 11 is 11.8. The van der Waals surface area contributed by atoms with Gasteiger partial charge in [-0.2, -0.15) is 0 Å². The lowest BCUT2D eigenvalue weighted by Crippen LogP contribution is -2.44. The van der Waals surface area contributed by atoms with E-state index in [1.807, 2.05) is 0 Å². The lowest BCUT2D eigenvalue weighted by molar-refractivity contribution is 0.0912. The molecule has 1 aliphatic heterocycles. The largest absolute Gasteiger partial charge is 0.349 e. The zero-order chi connectivity index (χ0) is 13.8. The van der Waals surface area contributed by atoms with Gasteiger partial charge in [0, 0.05) is 24.7 Å². The van der Waals surface area contributed by atoms with Gasteiger partial charge in [0.2, 0.25) is 0 Å². The van der Waals surface area contributed by atoms with E-state index in [0.29, 0.717) is 15.6 Å². The summed E-state index contributed by atoms with van der Waals surface area (Å²) in [5.41, 5.74) is 0.562. The Kier molecular flexibility index (Phi) is 5.08. The summed E-state index contributed by atoms with van der Waals surface area (Å²) in [5.74, 6) is -0.0754. The number of amides is 1. The number of carbonyl (C=O) groups excluding carboxylic acids is 1. The highest BCUT2D eigenvalue weighted by atomic mass is 35.5. The molecule has 3 nitrogen and oxygen atoms in total. The molecule has 2 rings (SSSR count). The molecule has 0 aromatic heterocycles. The van der Waals surface area contributed by atoms with Crippen LogP contribution in [0.2, 0.25) is 10.0 Å². The zero-order valence-corrected chi connectivity index (χ0v) is 12.5. The minimum Gasteiger partial charge on any atom is -0.349 e. The Hall–Kier alpha value is -0.770. The average molecular weight is 301 g/mol. The molecule has 1 aromatic carbocycles. The van der Waals surface area contributed by atoms with Crippen LogP contribution in [0.3, 0.4) is 0 Å². The molecule has 0 aliphatic carbocycles. The van der Waals surface area contributed by atoms with Crippen molar-refractivity contribution in [2.24, 2.45) is 0 Å². The smallest absolute Gasteiger partial charge is 0.251 e. The molecule has 1 aliphatic rings. The van der Waals surface area contributed by atoms with Gasteiger partial charge in [0.05, 0.1) is 10.0 Å². The minimum atomic E-state index is -0.0754. The Morgan fingerprint density at radius 3 is 2.58 bits per heavy atom. The topological polar surface area (TPSA) is 32.3 Å². The maximum atomic E-state index is 12.1. The predicted octanol–water partition coefficient (Wildman–Crippen LogP) is 3.21. The summed E-state index contributed by atoms with van der Waals surface area (Å²) < 4.78 is 0. The minimum absolute atomic E-state index is 0.0754. The highest BCUT2D eigenvalue weighted by molar-refractivity contribution is 6.42.